The summed E-state index contributed by atoms with van der Waals surface area (Å²) in [6.07, 6.45) is -2.71. The molecule has 4 rings (SSSR count). The molecule has 2 N–H and O–H groups in total. The van der Waals surface area contributed by atoms with Gasteiger partial charge in [0.2, 0.25) is 5.91 Å². The molecule has 0 saturated carbocycles. The Morgan fingerprint density at radius 1 is 1.03 bits per heavy atom. The van der Waals surface area contributed by atoms with E-state index in [-0.39, 0.29) is 29.2 Å². The molecule has 0 bridgehead atoms. The summed E-state index contributed by atoms with van der Waals surface area (Å²) >= 11 is 0. The lowest BCUT2D eigenvalue weighted by Crippen LogP contribution is -2.53. The number of hydrogen-bond donors (Lipinski definition) is 2. The molecule has 1 aliphatic rings. The number of halogens is 4. The molecule has 3 aromatic carbocycles. The van der Waals surface area contributed by atoms with Crippen LogP contribution in [-0.4, -0.2) is 39.2 Å². The van der Waals surface area contributed by atoms with E-state index in [0.29, 0.717) is 17.5 Å². The number of alkyl halides is 3. The zero-order chi connectivity index (χ0) is 27.7. The molecule has 1 aliphatic heterocycles. The van der Waals surface area contributed by atoms with Crippen molar-refractivity contribution < 1.29 is 35.6 Å². The van der Waals surface area contributed by atoms with Crippen molar-refractivity contribution in [3.05, 3.63) is 78.1 Å². The van der Waals surface area contributed by atoms with Gasteiger partial charge >= 0.3 is 12.2 Å². The van der Waals surface area contributed by atoms with Crippen molar-refractivity contribution in [1.82, 2.24) is 5.32 Å². The van der Waals surface area contributed by atoms with E-state index in [1.54, 1.807) is 18.2 Å². The maximum Gasteiger partial charge on any atom is 0.416 e. The summed E-state index contributed by atoms with van der Waals surface area (Å²) in [4.78, 5) is 26.7. The highest BCUT2D eigenvalue weighted by molar-refractivity contribution is 7.90. The van der Waals surface area contributed by atoms with Crippen LogP contribution in [-0.2, 0) is 20.8 Å². The second-order valence-corrected chi connectivity index (χ2v) is 10.8. The lowest BCUT2D eigenvalue weighted by Gasteiger charge is -2.33. The molecule has 38 heavy (non-hydrogen) atoms. The minimum absolute atomic E-state index is 0.0229. The highest BCUT2D eigenvalue weighted by atomic mass is 32.2. The second-order valence-electron chi connectivity index (χ2n) is 8.79. The van der Waals surface area contributed by atoms with Crippen molar-refractivity contribution in [2.45, 2.75) is 30.0 Å². The van der Waals surface area contributed by atoms with E-state index in [1.807, 2.05) is 0 Å². The van der Waals surface area contributed by atoms with Gasteiger partial charge in [-0.05, 0) is 60.9 Å². The van der Waals surface area contributed by atoms with Crippen LogP contribution in [0.1, 0.15) is 18.4 Å². The van der Waals surface area contributed by atoms with Crippen LogP contribution >= 0.6 is 0 Å². The van der Waals surface area contributed by atoms with E-state index in [1.165, 1.54) is 23.1 Å². The van der Waals surface area contributed by atoms with E-state index in [4.69, 9.17) is 0 Å². The van der Waals surface area contributed by atoms with Crippen LogP contribution < -0.4 is 15.5 Å². The summed E-state index contributed by atoms with van der Waals surface area (Å²) in [5.41, 5.74) is -0.140. The third-order valence-electron chi connectivity index (χ3n) is 6.05. The summed E-state index contributed by atoms with van der Waals surface area (Å²) in [7, 11) is -3.57. The van der Waals surface area contributed by atoms with Crippen molar-refractivity contribution in [2.24, 2.45) is 0 Å². The molecule has 0 spiro atoms. The maximum atomic E-state index is 15.2. The molecule has 3 amide bonds. The smallest absolute Gasteiger partial charge is 0.326 e. The van der Waals surface area contributed by atoms with Crippen molar-refractivity contribution in [3.8, 4) is 11.1 Å². The molecule has 1 unspecified atom stereocenters. The molecular formula is C26H23F4N3O4S. The Hall–Kier alpha value is -3.93. The minimum atomic E-state index is -4.51. The SMILES string of the molecule is CS(=O)(=O)c1ccccc1-c1ccc(N2CCCC(NC(=O)Nc3ccc(C(F)(F)F)cc3)C2=O)c(F)c1. The number of hydrogen-bond acceptors (Lipinski definition) is 4. The Bertz CT molecular complexity index is 1470. The number of rotatable bonds is 5. The van der Waals surface area contributed by atoms with E-state index < -0.39 is 45.4 Å². The monoisotopic (exact) mass is 549 g/mol. The maximum absolute atomic E-state index is 15.2. The summed E-state index contributed by atoms with van der Waals surface area (Å²) < 4.78 is 77.6. The number of sulfone groups is 1. The van der Waals surface area contributed by atoms with Gasteiger partial charge in [-0.15, -0.1) is 0 Å². The molecule has 1 fully saturated rings. The Kier molecular flexibility index (Phi) is 7.45. The van der Waals surface area contributed by atoms with E-state index in [2.05, 4.69) is 10.6 Å². The number of piperidine rings is 1. The second kappa shape index (κ2) is 10.4. The van der Waals surface area contributed by atoms with Gasteiger partial charge in [-0.2, -0.15) is 13.2 Å². The molecule has 3 aromatic rings. The van der Waals surface area contributed by atoms with Gasteiger partial charge in [0.1, 0.15) is 11.9 Å². The van der Waals surface area contributed by atoms with Crippen LogP contribution in [0.2, 0.25) is 0 Å². The first-order valence-corrected chi connectivity index (χ1v) is 13.4. The third-order valence-corrected chi connectivity index (χ3v) is 7.21. The zero-order valence-corrected chi connectivity index (χ0v) is 20.9. The van der Waals surface area contributed by atoms with Crippen LogP contribution in [0, 0.1) is 5.82 Å². The molecule has 1 heterocycles. The van der Waals surface area contributed by atoms with Gasteiger partial charge < -0.3 is 15.5 Å². The summed E-state index contributed by atoms with van der Waals surface area (Å²) in [6, 6.07) is 12.3. The Morgan fingerprint density at radius 3 is 2.34 bits per heavy atom. The molecule has 0 aromatic heterocycles. The lowest BCUT2D eigenvalue weighted by molar-refractivity contribution is -0.137. The van der Waals surface area contributed by atoms with Crippen molar-refractivity contribution in [2.75, 3.05) is 23.0 Å². The van der Waals surface area contributed by atoms with Crippen molar-refractivity contribution in [1.29, 1.82) is 0 Å². The number of benzene rings is 3. The fourth-order valence-corrected chi connectivity index (χ4v) is 5.15. The van der Waals surface area contributed by atoms with E-state index in [0.717, 1.165) is 36.6 Å². The number of carbonyl (C=O) groups is 2. The predicted molar refractivity (Wildman–Crippen MR) is 134 cm³/mol. The van der Waals surface area contributed by atoms with E-state index in [9.17, 15) is 31.2 Å². The third kappa shape index (κ3) is 5.96. The number of carbonyl (C=O) groups excluding carboxylic acids is 2. The predicted octanol–water partition coefficient (Wildman–Crippen LogP) is 5.23. The van der Waals surface area contributed by atoms with Gasteiger partial charge in [0.15, 0.2) is 9.84 Å². The largest absolute Gasteiger partial charge is 0.416 e. The van der Waals surface area contributed by atoms with Gasteiger partial charge in [0.25, 0.3) is 0 Å². The molecular weight excluding hydrogens is 526 g/mol. The number of nitrogens with zero attached hydrogens (tertiary/aromatic N) is 1. The van der Waals surface area contributed by atoms with Crippen LogP contribution in [0.3, 0.4) is 0 Å². The van der Waals surface area contributed by atoms with Crippen LogP contribution in [0.5, 0.6) is 0 Å². The Morgan fingerprint density at radius 2 is 1.71 bits per heavy atom. The number of urea groups is 1. The summed E-state index contributed by atoms with van der Waals surface area (Å²) in [6.45, 7) is 0.202. The molecule has 200 valence electrons. The minimum Gasteiger partial charge on any atom is -0.326 e. The average molecular weight is 550 g/mol. The highest BCUT2D eigenvalue weighted by Gasteiger charge is 2.33. The van der Waals surface area contributed by atoms with Crippen LogP contribution in [0.4, 0.5) is 33.7 Å². The molecule has 1 atom stereocenters. The number of nitrogens with one attached hydrogen (secondary N) is 2. The molecule has 0 aliphatic carbocycles. The normalized spacial score (nSPS) is 16.3. The molecule has 0 radical (unpaired) electrons. The lowest BCUT2D eigenvalue weighted by atomic mass is 10.0. The summed E-state index contributed by atoms with van der Waals surface area (Å²) in [5, 5.41) is 4.88. The van der Waals surface area contributed by atoms with Gasteiger partial charge in [0, 0.05) is 24.1 Å². The Balaban J connectivity index is 1.48. The van der Waals surface area contributed by atoms with Gasteiger partial charge in [-0.25, -0.2) is 17.6 Å². The Labute approximate surface area is 216 Å². The zero-order valence-electron chi connectivity index (χ0n) is 20.0. The molecule has 1 saturated heterocycles. The topological polar surface area (TPSA) is 95.6 Å². The molecule has 12 heteroatoms. The standard InChI is InChI=1S/C26H23F4N3O4S/c1-38(36,37)23-7-3-2-5-19(23)16-8-13-22(20(27)15-16)33-14-4-6-21(24(33)34)32-25(35)31-18-11-9-17(10-12-18)26(28,29)30/h2-3,5,7-13,15,21H,4,6,14H2,1H3,(H2,31,32,35). The summed E-state index contributed by atoms with van der Waals surface area (Å²) in [5.74, 6) is -1.30. The van der Waals surface area contributed by atoms with Gasteiger partial charge in [-0.1, -0.05) is 24.3 Å². The first-order chi connectivity index (χ1) is 17.8. The number of amides is 3. The highest BCUT2D eigenvalue weighted by Crippen LogP contribution is 2.32. The van der Waals surface area contributed by atoms with E-state index >= 15 is 4.39 Å². The van der Waals surface area contributed by atoms with Crippen LogP contribution in [0.25, 0.3) is 11.1 Å². The van der Waals surface area contributed by atoms with Crippen molar-refractivity contribution >= 4 is 33.2 Å². The fraction of sp³-hybridized carbons (Fsp3) is 0.231. The average Bonchev–Trinajstić information content (AvgIpc) is 2.85. The van der Waals surface area contributed by atoms with Gasteiger partial charge in [-0.3, -0.25) is 4.79 Å². The molecule has 7 nitrogen and oxygen atoms in total. The number of anilines is 2. The van der Waals surface area contributed by atoms with Gasteiger partial charge in [0.05, 0.1) is 16.1 Å². The van der Waals surface area contributed by atoms with Crippen molar-refractivity contribution in [3.63, 3.8) is 0 Å². The quantitative estimate of drug-likeness (QED) is 0.426. The van der Waals surface area contributed by atoms with Crippen LogP contribution in [0.15, 0.2) is 71.6 Å². The first-order valence-electron chi connectivity index (χ1n) is 11.5. The fourth-order valence-electron chi connectivity index (χ4n) is 4.24. The first kappa shape index (κ1) is 27.1.